The summed E-state index contributed by atoms with van der Waals surface area (Å²) in [5.41, 5.74) is 0. The Bertz CT molecular complexity index is 838. The van der Waals surface area contributed by atoms with Gasteiger partial charge in [-0.15, -0.1) is 0 Å². The van der Waals surface area contributed by atoms with Crippen LogP contribution in [0.25, 0.3) is 0 Å². The number of piperidine rings is 1. The zero-order valence-electron chi connectivity index (χ0n) is 16.6. The van der Waals surface area contributed by atoms with E-state index in [0.29, 0.717) is 19.4 Å². The Hall–Kier alpha value is -2.00. The van der Waals surface area contributed by atoms with Crippen molar-refractivity contribution in [1.82, 2.24) is 14.9 Å². The summed E-state index contributed by atoms with van der Waals surface area (Å²) in [6.07, 6.45) is 5.23. The molecule has 2 aliphatic rings. The molecule has 1 saturated heterocycles. The van der Waals surface area contributed by atoms with Gasteiger partial charge in [-0.1, -0.05) is 12.8 Å². The summed E-state index contributed by atoms with van der Waals surface area (Å²) < 4.78 is 40.0. The molecule has 1 heterocycles. The van der Waals surface area contributed by atoms with Crippen molar-refractivity contribution in [2.24, 2.45) is 5.92 Å². The fourth-order valence-corrected chi connectivity index (χ4v) is 5.45. The molecule has 2 fully saturated rings. The molecule has 2 atom stereocenters. The van der Waals surface area contributed by atoms with E-state index in [9.17, 15) is 22.4 Å². The highest BCUT2D eigenvalue weighted by molar-refractivity contribution is 7.89. The molecule has 0 radical (unpaired) electrons. The average Bonchev–Trinajstić information content (AvgIpc) is 3.21. The number of carbonyl (C=O) groups is 2. The summed E-state index contributed by atoms with van der Waals surface area (Å²) >= 11 is 0. The number of hydrogen-bond donors (Lipinski definition) is 2. The summed E-state index contributed by atoms with van der Waals surface area (Å²) in [5.74, 6) is -1.57. The maximum Gasteiger partial charge on any atom is 0.243 e. The van der Waals surface area contributed by atoms with E-state index in [2.05, 4.69) is 10.6 Å². The highest BCUT2D eigenvalue weighted by Gasteiger charge is 2.34. The topological polar surface area (TPSA) is 95.6 Å². The van der Waals surface area contributed by atoms with Crippen LogP contribution in [0.5, 0.6) is 0 Å². The van der Waals surface area contributed by atoms with Gasteiger partial charge in [0.2, 0.25) is 21.8 Å². The molecule has 0 aromatic heterocycles. The minimum Gasteiger partial charge on any atom is -0.352 e. The zero-order chi connectivity index (χ0) is 21.0. The van der Waals surface area contributed by atoms with Gasteiger partial charge in [-0.3, -0.25) is 9.59 Å². The Morgan fingerprint density at radius 1 is 1.10 bits per heavy atom. The molecule has 1 aliphatic heterocycles. The number of amides is 2. The number of sulfonamides is 1. The normalized spacial score (nSPS) is 22.2. The monoisotopic (exact) mass is 425 g/mol. The molecule has 1 aliphatic carbocycles. The SMILES string of the molecule is C[C@H](NC(=O)C1CCCN(S(=O)(=O)c2ccc(F)cc2)C1)C(=O)NC1CCCC1. The first-order valence-electron chi connectivity index (χ1n) is 10.1. The van der Waals surface area contributed by atoms with Crippen molar-refractivity contribution < 1.29 is 22.4 Å². The molecule has 9 heteroatoms. The molecular formula is C20H28FN3O4S. The molecule has 160 valence electrons. The van der Waals surface area contributed by atoms with E-state index >= 15 is 0 Å². The lowest BCUT2D eigenvalue weighted by Crippen LogP contribution is -2.51. The van der Waals surface area contributed by atoms with Crippen LogP contribution < -0.4 is 10.6 Å². The molecule has 1 aromatic carbocycles. The number of benzene rings is 1. The predicted molar refractivity (Wildman–Crippen MR) is 106 cm³/mol. The van der Waals surface area contributed by atoms with Gasteiger partial charge >= 0.3 is 0 Å². The van der Waals surface area contributed by atoms with E-state index in [4.69, 9.17) is 0 Å². The summed E-state index contributed by atoms with van der Waals surface area (Å²) in [6, 6.07) is 4.16. The van der Waals surface area contributed by atoms with Gasteiger partial charge in [0, 0.05) is 19.1 Å². The number of halogens is 1. The van der Waals surface area contributed by atoms with Gasteiger partial charge in [-0.05, 0) is 56.9 Å². The minimum absolute atomic E-state index is 0.00395. The van der Waals surface area contributed by atoms with Crippen LogP contribution in [0.15, 0.2) is 29.2 Å². The maximum atomic E-state index is 13.1. The molecule has 0 bridgehead atoms. The smallest absolute Gasteiger partial charge is 0.243 e. The Morgan fingerprint density at radius 2 is 1.76 bits per heavy atom. The second kappa shape index (κ2) is 9.21. The maximum absolute atomic E-state index is 13.1. The van der Waals surface area contributed by atoms with Gasteiger partial charge < -0.3 is 10.6 Å². The van der Waals surface area contributed by atoms with Crippen molar-refractivity contribution in [3.63, 3.8) is 0 Å². The quantitative estimate of drug-likeness (QED) is 0.726. The van der Waals surface area contributed by atoms with Gasteiger partial charge in [0.25, 0.3) is 0 Å². The summed E-state index contributed by atoms with van der Waals surface area (Å²) in [4.78, 5) is 24.9. The molecule has 2 amide bonds. The van der Waals surface area contributed by atoms with Crippen LogP contribution >= 0.6 is 0 Å². The molecule has 1 saturated carbocycles. The molecule has 0 spiro atoms. The third-order valence-electron chi connectivity index (χ3n) is 5.66. The van der Waals surface area contributed by atoms with Crippen LogP contribution in [0.2, 0.25) is 0 Å². The lowest BCUT2D eigenvalue weighted by Gasteiger charge is -2.31. The third kappa shape index (κ3) is 5.33. The number of nitrogens with one attached hydrogen (secondary N) is 2. The Balaban J connectivity index is 1.58. The van der Waals surface area contributed by atoms with E-state index in [1.165, 1.54) is 16.4 Å². The van der Waals surface area contributed by atoms with Gasteiger partial charge in [-0.25, -0.2) is 12.8 Å². The van der Waals surface area contributed by atoms with E-state index < -0.39 is 27.8 Å². The summed E-state index contributed by atoms with van der Waals surface area (Å²) in [5, 5.41) is 5.68. The van der Waals surface area contributed by atoms with Crippen molar-refractivity contribution in [1.29, 1.82) is 0 Å². The van der Waals surface area contributed by atoms with E-state index in [1.807, 2.05) is 0 Å². The van der Waals surface area contributed by atoms with Crippen molar-refractivity contribution in [2.75, 3.05) is 13.1 Å². The van der Waals surface area contributed by atoms with Crippen molar-refractivity contribution in [3.8, 4) is 0 Å². The second-order valence-corrected chi connectivity index (χ2v) is 9.81. The molecule has 2 N–H and O–H groups in total. The standard InChI is InChI=1S/C20H28FN3O4S/c1-14(19(25)23-17-6-2-3-7-17)22-20(26)15-5-4-12-24(13-15)29(27,28)18-10-8-16(21)9-11-18/h8-11,14-15,17H,2-7,12-13H2,1H3,(H,22,26)(H,23,25)/t14-,15?/m0/s1. The highest BCUT2D eigenvalue weighted by Crippen LogP contribution is 2.24. The molecule has 1 unspecified atom stereocenters. The van der Waals surface area contributed by atoms with Gasteiger partial charge in [0.15, 0.2) is 0 Å². The minimum atomic E-state index is -3.80. The molecule has 1 aromatic rings. The first kappa shape index (κ1) is 21.7. The summed E-state index contributed by atoms with van der Waals surface area (Å²) in [6.45, 7) is 1.99. The Kier molecular flexibility index (Phi) is 6.89. The Morgan fingerprint density at radius 3 is 2.41 bits per heavy atom. The molecular weight excluding hydrogens is 397 g/mol. The van der Waals surface area contributed by atoms with E-state index in [1.54, 1.807) is 6.92 Å². The number of carbonyl (C=O) groups excluding carboxylic acids is 2. The summed E-state index contributed by atoms with van der Waals surface area (Å²) in [7, 11) is -3.80. The number of hydrogen-bond acceptors (Lipinski definition) is 4. The van der Waals surface area contributed by atoms with Crippen molar-refractivity contribution >= 4 is 21.8 Å². The number of rotatable bonds is 6. The lowest BCUT2D eigenvalue weighted by molar-refractivity contribution is -0.131. The lowest BCUT2D eigenvalue weighted by atomic mass is 9.98. The molecule has 3 rings (SSSR count). The largest absolute Gasteiger partial charge is 0.352 e. The van der Waals surface area contributed by atoms with E-state index in [0.717, 1.165) is 37.8 Å². The van der Waals surface area contributed by atoms with Crippen LogP contribution in [0.3, 0.4) is 0 Å². The van der Waals surface area contributed by atoms with Crippen LogP contribution in [-0.4, -0.2) is 49.7 Å². The molecule has 7 nitrogen and oxygen atoms in total. The van der Waals surface area contributed by atoms with Crippen LogP contribution in [0.4, 0.5) is 4.39 Å². The van der Waals surface area contributed by atoms with Crippen LogP contribution in [0.1, 0.15) is 45.4 Å². The van der Waals surface area contributed by atoms with Crippen molar-refractivity contribution in [3.05, 3.63) is 30.1 Å². The van der Waals surface area contributed by atoms with Crippen molar-refractivity contribution in [2.45, 2.75) is 62.4 Å². The fourth-order valence-electron chi connectivity index (χ4n) is 3.92. The Labute approximate surface area is 171 Å². The fraction of sp³-hybridized carbons (Fsp3) is 0.600. The molecule has 29 heavy (non-hydrogen) atoms. The zero-order valence-corrected chi connectivity index (χ0v) is 17.4. The van der Waals surface area contributed by atoms with Gasteiger partial charge in [0.05, 0.1) is 10.8 Å². The van der Waals surface area contributed by atoms with Gasteiger partial charge in [0.1, 0.15) is 11.9 Å². The van der Waals surface area contributed by atoms with E-state index in [-0.39, 0.29) is 29.3 Å². The highest BCUT2D eigenvalue weighted by atomic mass is 32.2. The first-order chi connectivity index (χ1) is 13.8. The number of nitrogens with zero attached hydrogens (tertiary/aromatic N) is 1. The predicted octanol–water partition coefficient (Wildman–Crippen LogP) is 1.79. The van der Waals surface area contributed by atoms with Crippen LogP contribution in [0, 0.1) is 11.7 Å². The third-order valence-corrected chi connectivity index (χ3v) is 7.54. The van der Waals surface area contributed by atoms with Crippen LogP contribution in [-0.2, 0) is 19.6 Å². The van der Waals surface area contributed by atoms with Gasteiger partial charge in [-0.2, -0.15) is 4.31 Å². The first-order valence-corrected chi connectivity index (χ1v) is 11.6. The average molecular weight is 426 g/mol. The second-order valence-electron chi connectivity index (χ2n) is 7.88.